The zero-order chi connectivity index (χ0) is 10.0. The molecule has 1 aromatic carbocycles. The van der Waals surface area contributed by atoms with Crippen LogP contribution >= 0.6 is 0 Å². The van der Waals surface area contributed by atoms with Crippen LogP contribution in [0.1, 0.15) is 22.8 Å². The predicted octanol–water partition coefficient (Wildman–Crippen LogP) is 2.66. The van der Waals surface area contributed by atoms with Crippen molar-refractivity contribution >= 4 is 0 Å². The molecular formula is C11H13FO. The van der Waals surface area contributed by atoms with Gasteiger partial charge in [0.25, 0.3) is 0 Å². The Labute approximate surface area is 77.5 Å². The van der Waals surface area contributed by atoms with Crippen LogP contribution in [0, 0.1) is 19.7 Å². The van der Waals surface area contributed by atoms with Crippen LogP contribution in [0.2, 0.25) is 0 Å². The molecule has 0 spiro atoms. The molecule has 1 unspecified atom stereocenters. The molecule has 0 aliphatic heterocycles. The minimum absolute atomic E-state index is 0.208. The molecule has 0 bridgehead atoms. The number of aryl methyl sites for hydroxylation is 2. The molecule has 0 saturated heterocycles. The first-order valence-electron chi connectivity index (χ1n) is 4.13. The van der Waals surface area contributed by atoms with Gasteiger partial charge >= 0.3 is 0 Å². The van der Waals surface area contributed by atoms with Gasteiger partial charge in [0.1, 0.15) is 5.82 Å². The summed E-state index contributed by atoms with van der Waals surface area (Å²) < 4.78 is 13.2. The molecule has 2 heteroatoms. The van der Waals surface area contributed by atoms with Crippen molar-refractivity contribution in [1.82, 2.24) is 0 Å². The molecule has 0 radical (unpaired) electrons. The van der Waals surface area contributed by atoms with Crippen LogP contribution < -0.4 is 0 Å². The number of aliphatic hydroxyl groups is 1. The van der Waals surface area contributed by atoms with Crippen LogP contribution in [0.15, 0.2) is 24.8 Å². The van der Waals surface area contributed by atoms with Gasteiger partial charge in [-0.2, -0.15) is 0 Å². The largest absolute Gasteiger partial charge is 0.384 e. The van der Waals surface area contributed by atoms with Gasteiger partial charge in [-0.3, -0.25) is 0 Å². The molecule has 0 heterocycles. The van der Waals surface area contributed by atoms with Gasteiger partial charge in [-0.25, -0.2) is 4.39 Å². The van der Waals surface area contributed by atoms with E-state index in [0.29, 0.717) is 16.7 Å². The summed E-state index contributed by atoms with van der Waals surface area (Å²) >= 11 is 0. The summed E-state index contributed by atoms with van der Waals surface area (Å²) in [5.41, 5.74) is 1.79. The number of halogens is 1. The summed E-state index contributed by atoms with van der Waals surface area (Å²) in [6, 6.07) is 3.27. The number of aliphatic hydroxyl groups excluding tert-OH is 1. The lowest BCUT2D eigenvalue weighted by molar-refractivity contribution is 0.229. The molecule has 13 heavy (non-hydrogen) atoms. The van der Waals surface area contributed by atoms with Crippen molar-refractivity contribution < 1.29 is 9.50 Å². The van der Waals surface area contributed by atoms with Gasteiger partial charge in [-0.05, 0) is 30.5 Å². The summed E-state index contributed by atoms with van der Waals surface area (Å²) in [6.45, 7) is 6.84. The summed E-state index contributed by atoms with van der Waals surface area (Å²) in [7, 11) is 0. The fraction of sp³-hybridized carbons (Fsp3) is 0.273. The molecular weight excluding hydrogens is 167 g/mol. The number of hydrogen-bond donors (Lipinski definition) is 1. The number of rotatable bonds is 2. The predicted molar refractivity (Wildman–Crippen MR) is 51.0 cm³/mol. The SMILES string of the molecule is C=CC(O)c1cc(C)c(F)c(C)c1. The van der Waals surface area contributed by atoms with E-state index < -0.39 is 6.10 Å². The minimum atomic E-state index is -0.710. The highest BCUT2D eigenvalue weighted by Crippen LogP contribution is 2.20. The number of benzene rings is 1. The molecule has 1 N–H and O–H groups in total. The molecule has 1 nitrogen and oxygen atoms in total. The Kier molecular flexibility index (Phi) is 2.83. The molecule has 0 aliphatic carbocycles. The van der Waals surface area contributed by atoms with Crippen molar-refractivity contribution in [3.8, 4) is 0 Å². The van der Waals surface area contributed by atoms with Crippen LogP contribution in [0.3, 0.4) is 0 Å². The van der Waals surface area contributed by atoms with Gasteiger partial charge in [-0.15, -0.1) is 6.58 Å². The van der Waals surface area contributed by atoms with Crippen LogP contribution in [-0.2, 0) is 0 Å². The monoisotopic (exact) mass is 180 g/mol. The smallest absolute Gasteiger partial charge is 0.129 e. The quantitative estimate of drug-likeness (QED) is 0.694. The van der Waals surface area contributed by atoms with Crippen molar-refractivity contribution in [2.24, 2.45) is 0 Å². The van der Waals surface area contributed by atoms with Gasteiger partial charge in [0.05, 0.1) is 6.10 Å². The Morgan fingerprint density at radius 2 is 1.85 bits per heavy atom. The summed E-state index contributed by atoms with van der Waals surface area (Å²) in [5.74, 6) is -0.208. The Morgan fingerprint density at radius 1 is 1.38 bits per heavy atom. The average Bonchev–Trinajstić information content (AvgIpc) is 2.12. The second-order valence-electron chi connectivity index (χ2n) is 3.15. The third-order valence-corrected chi connectivity index (χ3v) is 2.02. The van der Waals surface area contributed by atoms with E-state index in [0.717, 1.165) is 0 Å². The van der Waals surface area contributed by atoms with E-state index in [1.54, 1.807) is 26.0 Å². The Morgan fingerprint density at radius 3 is 2.23 bits per heavy atom. The van der Waals surface area contributed by atoms with Crippen molar-refractivity contribution in [3.63, 3.8) is 0 Å². The molecule has 0 saturated carbocycles. The lowest BCUT2D eigenvalue weighted by Gasteiger charge is -2.09. The van der Waals surface area contributed by atoms with Gasteiger partial charge in [0.2, 0.25) is 0 Å². The lowest BCUT2D eigenvalue weighted by Crippen LogP contribution is -1.97. The van der Waals surface area contributed by atoms with E-state index in [1.807, 2.05) is 0 Å². The third-order valence-electron chi connectivity index (χ3n) is 2.02. The maximum absolute atomic E-state index is 13.2. The van der Waals surface area contributed by atoms with Gasteiger partial charge in [0, 0.05) is 0 Å². The second kappa shape index (κ2) is 3.71. The van der Waals surface area contributed by atoms with E-state index in [9.17, 15) is 9.50 Å². The van der Waals surface area contributed by atoms with Crippen LogP contribution in [0.4, 0.5) is 4.39 Å². The first-order valence-corrected chi connectivity index (χ1v) is 4.13. The van der Waals surface area contributed by atoms with Crippen LogP contribution in [-0.4, -0.2) is 5.11 Å². The topological polar surface area (TPSA) is 20.2 Å². The van der Waals surface area contributed by atoms with Crippen LogP contribution in [0.5, 0.6) is 0 Å². The van der Waals surface area contributed by atoms with E-state index in [2.05, 4.69) is 6.58 Å². The van der Waals surface area contributed by atoms with Crippen molar-refractivity contribution in [2.45, 2.75) is 20.0 Å². The summed E-state index contributed by atoms with van der Waals surface area (Å²) in [6.07, 6.45) is 0.713. The fourth-order valence-corrected chi connectivity index (χ4v) is 1.29. The van der Waals surface area contributed by atoms with Gasteiger partial charge in [-0.1, -0.05) is 18.2 Å². The maximum atomic E-state index is 13.2. The van der Waals surface area contributed by atoms with Crippen molar-refractivity contribution in [3.05, 3.63) is 47.3 Å². The Balaban J connectivity index is 3.20. The normalized spacial score (nSPS) is 12.6. The molecule has 1 aromatic rings. The standard InChI is InChI=1S/C11H13FO/c1-4-10(13)9-5-7(2)11(12)8(3)6-9/h4-6,10,13H,1H2,2-3H3. The average molecular weight is 180 g/mol. The minimum Gasteiger partial charge on any atom is -0.384 e. The van der Waals surface area contributed by atoms with E-state index in [-0.39, 0.29) is 5.82 Å². The fourth-order valence-electron chi connectivity index (χ4n) is 1.29. The highest BCUT2D eigenvalue weighted by Gasteiger charge is 2.08. The maximum Gasteiger partial charge on any atom is 0.129 e. The lowest BCUT2D eigenvalue weighted by atomic mass is 10.0. The first-order chi connectivity index (χ1) is 6.06. The highest BCUT2D eigenvalue weighted by atomic mass is 19.1. The molecule has 1 rings (SSSR count). The van der Waals surface area contributed by atoms with Gasteiger partial charge < -0.3 is 5.11 Å². The Hall–Kier alpha value is -1.15. The molecule has 0 amide bonds. The molecule has 0 fully saturated rings. The number of hydrogen-bond acceptors (Lipinski definition) is 1. The Bertz CT molecular complexity index is 308. The molecule has 70 valence electrons. The van der Waals surface area contributed by atoms with E-state index in [4.69, 9.17) is 0 Å². The second-order valence-corrected chi connectivity index (χ2v) is 3.15. The third kappa shape index (κ3) is 1.95. The zero-order valence-electron chi connectivity index (χ0n) is 7.84. The zero-order valence-corrected chi connectivity index (χ0v) is 7.84. The molecule has 0 aromatic heterocycles. The first kappa shape index (κ1) is 9.93. The van der Waals surface area contributed by atoms with Crippen LogP contribution in [0.25, 0.3) is 0 Å². The van der Waals surface area contributed by atoms with Crippen molar-refractivity contribution in [1.29, 1.82) is 0 Å². The molecule has 1 atom stereocenters. The molecule has 0 aliphatic rings. The highest BCUT2D eigenvalue weighted by molar-refractivity contribution is 5.32. The van der Waals surface area contributed by atoms with E-state index >= 15 is 0 Å². The van der Waals surface area contributed by atoms with Gasteiger partial charge in [0.15, 0.2) is 0 Å². The summed E-state index contributed by atoms with van der Waals surface area (Å²) in [5, 5.41) is 9.43. The van der Waals surface area contributed by atoms with E-state index in [1.165, 1.54) is 6.08 Å². The van der Waals surface area contributed by atoms with Crippen molar-refractivity contribution in [2.75, 3.05) is 0 Å². The summed E-state index contributed by atoms with van der Waals surface area (Å²) in [4.78, 5) is 0.